The Balaban J connectivity index is 1.31. The van der Waals surface area contributed by atoms with Gasteiger partial charge in [0.05, 0.1) is 0 Å². The predicted octanol–water partition coefficient (Wildman–Crippen LogP) is 2.83. The minimum Gasteiger partial charge on any atom is -0.339 e. The maximum absolute atomic E-state index is 13.6. The Labute approximate surface area is 132 Å². The minimum absolute atomic E-state index is 0.202. The van der Waals surface area contributed by atoms with Gasteiger partial charge >= 0.3 is 0 Å². The molecule has 0 aliphatic heterocycles. The molecule has 0 spiro atoms. The zero-order valence-electron chi connectivity index (χ0n) is 13.0. The average Bonchev–Trinajstić information content (AvgIpc) is 2.86. The first kappa shape index (κ1) is 14.7. The third-order valence-corrected chi connectivity index (χ3v) is 5.32. The van der Waals surface area contributed by atoms with Crippen LogP contribution < -0.4 is 0 Å². The molecule has 6 nitrogen and oxygen atoms in total. The van der Waals surface area contributed by atoms with Crippen LogP contribution in [0.4, 0.5) is 8.78 Å². The average molecular weight is 323 g/mol. The van der Waals surface area contributed by atoms with Crippen LogP contribution in [0.5, 0.6) is 0 Å². The van der Waals surface area contributed by atoms with Gasteiger partial charge in [0.15, 0.2) is 5.82 Å². The number of rotatable bonds is 6. The summed E-state index contributed by atoms with van der Waals surface area (Å²) in [6.07, 6.45) is 7.47. The van der Waals surface area contributed by atoms with Crippen LogP contribution in [0.15, 0.2) is 17.2 Å². The van der Waals surface area contributed by atoms with E-state index in [0.717, 1.165) is 19.8 Å². The molecule has 0 bridgehead atoms. The zero-order valence-corrected chi connectivity index (χ0v) is 13.0. The van der Waals surface area contributed by atoms with Gasteiger partial charge in [-0.05, 0) is 38.5 Å². The van der Waals surface area contributed by atoms with Crippen molar-refractivity contribution >= 4 is 0 Å². The summed E-state index contributed by atoms with van der Waals surface area (Å²) in [5.74, 6) is -1.23. The number of nitrogens with zero attached hydrogens (tertiary/aromatic N) is 5. The Hall–Kier alpha value is -1.86. The van der Waals surface area contributed by atoms with Crippen LogP contribution in [-0.4, -0.2) is 30.8 Å². The highest BCUT2D eigenvalue weighted by molar-refractivity contribution is 5.07. The molecule has 2 aromatic rings. The molecule has 124 valence electrons. The second kappa shape index (κ2) is 5.07. The molecule has 0 amide bonds. The SMILES string of the molecule is CC(F)(F)C1(Cc2noc(CC3CC(n4cnnc4)C3)n2)CC1. The maximum Gasteiger partial charge on any atom is 0.251 e. The quantitative estimate of drug-likeness (QED) is 0.817. The fourth-order valence-electron chi connectivity index (χ4n) is 3.42. The van der Waals surface area contributed by atoms with Crippen LogP contribution in [0.3, 0.4) is 0 Å². The van der Waals surface area contributed by atoms with Gasteiger partial charge in [-0.15, -0.1) is 10.2 Å². The van der Waals surface area contributed by atoms with Gasteiger partial charge < -0.3 is 9.09 Å². The van der Waals surface area contributed by atoms with Gasteiger partial charge in [0.25, 0.3) is 5.92 Å². The summed E-state index contributed by atoms with van der Waals surface area (Å²) in [4.78, 5) is 4.32. The Morgan fingerprint density at radius 2 is 2.00 bits per heavy atom. The maximum atomic E-state index is 13.6. The standard InChI is InChI=1S/C15H19F2N5O/c1-14(16,17)15(2-3-15)7-12-20-13(23-21-12)6-10-4-11(5-10)22-8-18-19-9-22/h8-11H,2-7H2,1H3. The van der Waals surface area contributed by atoms with E-state index in [9.17, 15) is 8.78 Å². The Kier molecular flexibility index (Phi) is 3.24. The molecule has 8 heteroatoms. The van der Waals surface area contributed by atoms with Gasteiger partial charge in [0, 0.05) is 24.3 Å². The smallest absolute Gasteiger partial charge is 0.251 e. The number of hydrogen-bond acceptors (Lipinski definition) is 5. The van der Waals surface area contributed by atoms with Crippen molar-refractivity contribution < 1.29 is 13.3 Å². The number of aromatic nitrogens is 5. The first-order chi connectivity index (χ1) is 11.0. The first-order valence-corrected chi connectivity index (χ1v) is 7.99. The van der Waals surface area contributed by atoms with Crippen LogP contribution in [0, 0.1) is 11.3 Å². The third kappa shape index (κ3) is 2.74. The van der Waals surface area contributed by atoms with E-state index in [1.807, 2.05) is 4.57 Å². The summed E-state index contributed by atoms with van der Waals surface area (Å²) < 4.78 is 34.5. The van der Waals surface area contributed by atoms with Crippen molar-refractivity contribution in [2.24, 2.45) is 11.3 Å². The van der Waals surface area contributed by atoms with E-state index in [4.69, 9.17) is 4.52 Å². The molecule has 2 aromatic heterocycles. The van der Waals surface area contributed by atoms with Crippen molar-refractivity contribution in [1.29, 1.82) is 0 Å². The molecule has 2 fully saturated rings. The molecule has 0 saturated heterocycles. The lowest BCUT2D eigenvalue weighted by molar-refractivity contribution is -0.0551. The van der Waals surface area contributed by atoms with E-state index >= 15 is 0 Å². The van der Waals surface area contributed by atoms with Crippen molar-refractivity contribution in [1.82, 2.24) is 24.9 Å². The largest absolute Gasteiger partial charge is 0.339 e. The van der Waals surface area contributed by atoms with Crippen molar-refractivity contribution in [3.63, 3.8) is 0 Å². The molecule has 2 aliphatic rings. The highest BCUT2D eigenvalue weighted by Gasteiger charge is 2.59. The van der Waals surface area contributed by atoms with Gasteiger partial charge in [0.2, 0.25) is 5.89 Å². The van der Waals surface area contributed by atoms with E-state index in [1.165, 1.54) is 0 Å². The third-order valence-electron chi connectivity index (χ3n) is 5.32. The Morgan fingerprint density at radius 1 is 1.30 bits per heavy atom. The first-order valence-electron chi connectivity index (χ1n) is 7.99. The normalized spacial score (nSPS) is 26.0. The van der Waals surface area contributed by atoms with E-state index in [-0.39, 0.29) is 6.42 Å². The lowest BCUT2D eigenvalue weighted by Crippen LogP contribution is -2.28. The Morgan fingerprint density at radius 3 is 2.61 bits per heavy atom. The fourth-order valence-corrected chi connectivity index (χ4v) is 3.42. The van der Waals surface area contributed by atoms with E-state index in [2.05, 4.69) is 20.3 Å². The molecule has 0 aromatic carbocycles. The summed E-state index contributed by atoms with van der Waals surface area (Å²) in [5.41, 5.74) is -0.954. The van der Waals surface area contributed by atoms with Gasteiger partial charge in [-0.2, -0.15) is 4.98 Å². The summed E-state index contributed by atoms with van der Waals surface area (Å²) in [6, 6.07) is 0.436. The molecule has 2 saturated carbocycles. The van der Waals surface area contributed by atoms with Crippen LogP contribution in [0.1, 0.15) is 50.4 Å². The summed E-state index contributed by atoms with van der Waals surface area (Å²) in [7, 11) is 0. The predicted molar refractivity (Wildman–Crippen MR) is 75.8 cm³/mol. The summed E-state index contributed by atoms with van der Waals surface area (Å²) in [6.45, 7) is 0.987. The molecule has 2 aliphatic carbocycles. The van der Waals surface area contributed by atoms with Crippen LogP contribution >= 0.6 is 0 Å². The van der Waals surface area contributed by atoms with Crippen LogP contribution in [-0.2, 0) is 12.8 Å². The van der Waals surface area contributed by atoms with Crippen molar-refractivity contribution in [3.05, 3.63) is 24.4 Å². The topological polar surface area (TPSA) is 69.6 Å². The molecule has 0 radical (unpaired) electrons. The lowest BCUT2D eigenvalue weighted by Gasteiger charge is -2.34. The highest BCUT2D eigenvalue weighted by atomic mass is 19.3. The molecular formula is C15H19F2N5O. The van der Waals surface area contributed by atoms with Crippen LogP contribution in [0.25, 0.3) is 0 Å². The second-order valence-corrected chi connectivity index (χ2v) is 7.05. The summed E-state index contributed by atoms with van der Waals surface area (Å²) >= 11 is 0. The van der Waals surface area contributed by atoms with E-state index in [1.54, 1.807) is 12.7 Å². The molecule has 23 heavy (non-hydrogen) atoms. The molecular weight excluding hydrogens is 304 g/mol. The second-order valence-electron chi connectivity index (χ2n) is 7.05. The zero-order chi connectivity index (χ0) is 16.1. The number of hydrogen-bond donors (Lipinski definition) is 0. The number of halogens is 2. The van der Waals surface area contributed by atoms with Gasteiger partial charge in [-0.1, -0.05) is 5.16 Å². The molecule has 0 unspecified atom stereocenters. The van der Waals surface area contributed by atoms with Gasteiger partial charge in [-0.3, -0.25) is 0 Å². The lowest BCUT2D eigenvalue weighted by atomic mass is 9.78. The van der Waals surface area contributed by atoms with E-state index in [0.29, 0.717) is 42.9 Å². The molecule has 0 N–H and O–H groups in total. The van der Waals surface area contributed by atoms with Gasteiger partial charge in [0.1, 0.15) is 12.7 Å². The van der Waals surface area contributed by atoms with Crippen molar-refractivity contribution in [2.75, 3.05) is 0 Å². The molecule has 0 atom stereocenters. The fraction of sp³-hybridized carbons (Fsp3) is 0.733. The summed E-state index contributed by atoms with van der Waals surface area (Å²) in [5, 5.41) is 11.5. The van der Waals surface area contributed by atoms with E-state index < -0.39 is 11.3 Å². The van der Waals surface area contributed by atoms with Crippen molar-refractivity contribution in [2.45, 2.75) is 57.4 Å². The van der Waals surface area contributed by atoms with Crippen molar-refractivity contribution in [3.8, 4) is 0 Å². The monoisotopic (exact) mass is 323 g/mol. The molecule has 2 heterocycles. The number of alkyl halides is 2. The van der Waals surface area contributed by atoms with Gasteiger partial charge in [-0.25, -0.2) is 8.78 Å². The minimum atomic E-state index is -2.69. The molecule has 4 rings (SSSR count). The highest BCUT2D eigenvalue weighted by Crippen LogP contribution is 2.58. The Bertz CT molecular complexity index is 668. The van der Waals surface area contributed by atoms with Crippen LogP contribution in [0.2, 0.25) is 0 Å².